The topological polar surface area (TPSA) is 36.9 Å². The summed E-state index contributed by atoms with van der Waals surface area (Å²) in [4.78, 5) is 0. The first-order valence-electron chi connectivity index (χ1n) is 3.68. The second-order valence-corrected chi connectivity index (χ2v) is 2.12. The lowest BCUT2D eigenvalue weighted by atomic mass is 10.5. The van der Waals surface area contributed by atoms with Crippen LogP contribution in [0, 0.1) is 0 Å². The predicted molar refractivity (Wildman–Crippen MR) is 41.8 cm³/mol. The molecule has 1 saturated heterocycles. The molecule has 0 bridgehead atoms. The minimum Gasteiger partial charge on any atom is -0.415 e. The van der Waals surface area contributed by atoms with Crippen molar-refractivity contribution in [2.24, 2.45) is 0 Å². The molecule has 0 spiro atoms. The van der Waals surface area contributed by atoms with Gasteiger partial charge in [0.15, 0.2) is 0 Å². The van der Waals surface area contributed by atoms with Gasteiger partial charge in [0.25, 0.3) is 0 Å². The molecule has 0 N–H and O–H groups in total. The summed E-state index contributed by atoms with van der Waals surface area (Å²) in [5.41, 5.74) is 0. The van der Waals surface area contributed by atoms with E-state index in [0.717, 1.165) is 6.42 Å². The van der Waals surface area contributed by atoms with Crippen molar-refractivity contribution in [1.82, 2.24) is 0 Å². The Morgan fingerprint density at radius 2 is 1.58 bits per heavy atom. The van der Waals surface area contributed by atoms with Gasteiger partial charge in [0.1, 0.15) is 0 Å². The van der Waals surface area contributed by atoms with Crippen LogP contribution in [-0.4, -0.2) is 19.4 Å². The summed E-state index contributed by atoms with van der Waals surface area (Å²) in [6.07, 6.45) is 1.77. The minimum atomic E-state index is -1.46. The van der Waals surface area contributed by atoms with E-state index in [1.807, 2.05) is 0 Å². The standard InChI is InChI=1S/C8H12O4/c1-3-9-8(10-4-2)11-6-5-7-12-8/h3-4H,1-2,5-7H2. The van der Waals surface area contributed by atoms with Crippen molar-refractivity contribution in [1.29, 1.82) is 0 Å². The fraction of sp³-hybridized carbons (Fsp3) is 0.500. The molecule has 1 aliphatic heterocycles. The summed E-state index contributed by atoms with van der Waals surface area (Å²) >= 11 is 0. The van der Waals surface area contributed by atoms with Crippen LogP contribution in [0.3, 0.4) is 0 Å². The lowest BCUT2D eigenvalue weighted by Gasteiger charge is -2.32. The van der Waals surface area contributed by atoms with Gasteiger partial charge in [0.2, 0.25) is 0 Å². The Morgan fingerprint density at radius 3 is 2.00 bits per heavy atom. The molecule has 1 rings (SSSR count). The lowest BCUT2D eigenvalue weighted by molar-refractivity contribution is -0.484. The Labute approximate surface area is 71.4 Å². The van der Waals surface area contributed by atoms with Gasteiger partial charge in [-0.3, -0.25) is 9.47 Å². The predicted octanol–water partition coefficient (Wildman–Crippen LogP) is 1.35. The average Bonchev–Trinajstić information content (AvgIpc) is 2.07. The molecule has 0 atom stereocenters. The zero-order chi connectivity index (χ0) is 8.86. The third-order valence-electron chi connectivity index (χ3n) is 1.30. The maximum absolute atomic E-state index is 5.14. The molecule has 1 fully saturated rings. The van der Waals surface area contributed by atoms with Crippen molar-refractivity contribution >= 4 is 0 Å². The molecule has 1 heterocycles. The van der Waals surface area contributed by atoms with E-state index in [1.54, 1.807) is 0 Å². The Bertz CT molecular complexity index is 148. The van der Waals surface area contributed by atoms with Crippen LogP contribution in [0.2, 0.25) is 0 Å². The quantitative estimate of drug-likeness (QED) is 0.474. The Kier molecular flexibility index (Phi) is 3.13. The molecule has 0 aliphatic carbocycles. The molecule has 0 aromatic rings. The fourth-order valence-corrected chi connectivity index (χ4v) is 0.863. The molecule has 4 nitrogen and oxygen atoms in total. The molecule has 0 amide bonds. The van der Waals surface area contributed by atoms with Gasteiger partial charge in [-0.2, -0.15) is 0 Å². The van der Waals surface area contributed by atoms with Crippen LogP contribution in [0.25, 0.3) is 0 Å². The van der Waals surface area contributed by atoms with Crippen LogP contribution in [0.1, 0.15) is 6.42 Å². The highest BCUT2D eigenvalue weighted by Crippen LogP contribution is 2.22. The van der Waals surface area contributed by atoms with Crippen LogP contribution in [-0.2, 0) is 18.9 Å². The molecule has 0 aromatic carbocycles. The zero-order valence-corrected chi connectivity index (χ0v) is 6.82. The maximum atomic E-state index is 5.14. The van der Waals surface area contributed by atoms with Gasteiger partial charge >= 0.3 is 6.16 Å². The number of rotatable bonds is 4. The highest BCUT2D eigenvalue weighted by atomic mass is 17.0. The molecular formula is C8H12O4. The molecule has 1 aliphatic rings. The van der Waals surface area contributed by atoms with Crippen molar-refractivity contribution in [3.05, 3.63) is 25.7 Å². The van der Waals surface area contributed by atoms with Crippen LogP contribution < -0.4 is 0 Å². The van der Waals surface area contributed by atoms with Gasteiger partial charge < -0.3 is 9.47 Å². The van der Waals surface area contributed by atoms with Gasteiger partial charge in [-0.1, -0.05) is 13.2 Å². The zero-order valence-electron chi connectivity index (χ0n) is 6.82. The highest BCUT2D eigenvalue weighted by Gasteiger charge is 2.38. The first-order valence-corrected chi connectivity index (χ1v) is 3.68. The number of ether oxygens (including phenoxy) is 4. The molecule has 0 saturated carbocycles. The minimum absolute atomic E-state index is 0.529. The van der Waals surface area contributed by atoms with Gasteiger partial charge in [-0.25, -0.2) is 0 Å². The van der Waals surface area contributed by atoms with Crippen molar-refractivity contribution in [3.63, 3.8) is 0 Å². The SMILES string of the molecule is C=COC1(OC=C)OCCCO1. The fourth-order valence-electron chi connectivity index (χ4n) is 0.863. The van der Waals surface area contributed by atoms with Crippen molar-refractivity contribution in [3.8, 4) is 0 Å². The second-order valence-electron chi connectivity index (χ2n) is 2.12. The Morgan fingerprint density at radius 1 is 1.08 bits per heavy atom. The summed E-state index contributed by atoms with van der Waals surface area (Å²) in [7, 11) is 0. The van der Waals surface area contributed by atoms with E-state index in [4.69, 9.17) is 18.9 Å². The Hall–Kier alpha value is -1.00. The van der Waals surface area contributed by atoms with Gasteiger partial charge in [0, 0.05) is 0 Å². The van der Waals surface area contributed by atoms with Gasteiger partial charge in [-0.05, 0) is 6.42 Å². The van der Waals surface area contributed by atoms with Crippen molar-refractivity contribution in [2.75, 3.05) is 13.2 Å². The third kappa shape index (κ3) is 1.99. The van der Waals surface area contributed by atoms with E-state index in [2.05, 4.69) is 13.2 Å². The lowest BCUT2D eigenvalue weighted by Crippen LogP contribution is -2.43. The summed E-state index contributed by atoms with van der Waals surface area (Å²) in [5.74, 6) is 0. The average molecular weight is 172 g/mol. The molecule has 12 heavy (non-hydrogen) atoms. The van der Waals surface area contributed by atoms with Crippen molar-refractivity contribution in [2.45, 2.75) is 12.6 Å². The summed E-state index contributed by atoms with van der Waals surface area (Å²) < 4.78 is 20.1. The van der Waals surface area contributed by atoms with Crippen LogP contribution >= 0.6 is 0 Å². The monoisotopic (exact) mass is 172 g/mol. The smallest absolute Gasteiger partial charge is 0.415 e. The van der Waals surface area contributed by atoms with Gasteiger partial charge in [-0.15, -0.1) is 0 Å². The summed E-state index contributed by atoms with van der Waals surface area (Å²) in [6.45, 7) is 7.83. The molecule has 68 valence electrons. The van der Waals surface area contributed by atoms with E-state index < -0.39 is 6.16 Å². The van der Waals surface area contributed by atoms with Crippen LogP contribution in [0.15, 0.2) is 25.7 Å². The molecular weight excluding hydrogens is 160 g/mol. The molecule has 0 unspecified atom stereocenters. The Balaban J connectivity index is 2.55. The third-order valence-corrected chi connectivity index (χ3v) is 1.30. The largest absolute Gasteiger partial charge is 0.508 e. The second kappa shape index (κ2) is 4.13. The summed E-state index contributed by atoms with van der Waals surface area (Å²) in [6, 6.07) is 0. The molecule has 4 heteroatoms. The van der Waals surface area contributed by atoms with E-state index in [9.17, 15) is 0 Å². The van der Waals surface area contributed by atoms with Crippen molar-refractivity contribution < 1.29 is 18.9 Å². The first-order chi connectivity index (χ1) is 5.83. The van der Waals surface area contributed by atoms with E-state index >= 15 is 0 Å². The van der Waals surface area contributed by atoms with E-state index in [1.165, 1.54) is 12.5 Å². The highest BCUT2D eigenvalue weighted by molar-refractivity contribution is 4.61. The van der Waals surface area contributed by atoms with Crippen LogP contribution in [0.5, 0.6) is 0 Å². The van der Waals surface area contributed by atoms with E-state index in [-0.39, 0.29) is 0 Å². The van der Waals surface area contributed by atoms with Crippen LogP contribution in [0.4, 0.5) is 0 Å². The van der Waals surface area contributed by atoms with Gasteiger partial charge in [0.05, 0.1) is 25.7 Å². The molecule has 0 aromatic heterocycles. The molecule has 0 radical (unpaired) electrons. The van der Waals surface area contributed by atoms with E-state index in [0.29, 0.717) is 13.2 Å². The summed E-state index contributed by atoms with van der Waals surface area (Å²) in [5, 5.41) is 0. The normalized spacial score (nSPS) is 21.0. The first kappa shape index (κ1) is 9.09. The number of hydrogen-bond donors (Lipinski definition) is 0. The maximum Gasteiger partial charge on any atom is 0.508 e. The number of hydrogen-bond acceptors (Lipinski definition) is 4.